The van der Waals surface area contributed by atoms with Crippen molar-refractivity contribution < 1.29 is 4.79 Å². The Labute approximate surface area is 189 Å². The molecule has 1 aromatic heterocycles. The quantitative estimate of drug-likeness (QED) is 0.606. The number of halogens is 1. The fourth-order valence-corrected chi connectivity index (χ4v) is 5.08. The van der Waals surface area contributed by atoms with Crippen LogP contribution in [0.1, 0.15) is 46.0 Å². The van der Waals surface area contributed by atoms with Gasteiger partial charge in [-0.1, -0.05) is 37.2 Å². The molecule has 0 saturated carbocycles. The van der Waals surface area contributed by atoms with Gasteiger partial charge in [0.05, 0.1) is 11.3 Å². The number of hydrogen-bond donors (Lipinski definition) is 0. The normalized spacial score (nSPS) is 21.7. The average molecular weight is 450 g/mol. The molecule has 4 unspecified atom stereocenters. The van der Waals surface area contributed by atoms with E-state index in [0.29, 0.717) is 16.9 Å². The summed E-state index contributed by atoms with van der Waals surface area (Å²) in [5.41, 5.74) is 0.940. The molecule has 1 aliphatic rings. The van der Waals surface area contributed by atoms with Crippen LogP contribution in [0.2, 0.25) is 5.02 Å². The number of thioether (sulfide) groups is 1. The van der Waals surface area contributed by atoms with Gasteiger partial charge >= 0.3 is 0 Å². The van der Waals surface area contributed by atoms with Crippen LogP contribution in [0, 0.1) is 11.8 Å². The fraction of sp³-hybridized carbons (Fsp3) is 0.591. The van der Waals surface area contributed by atoms with Crippen LogP contribution in [0.25, 0.3) is 5.69 Å². The Morgan fingerprint density at radius 2 is 1.73 bits per heavy atom. The lowest BCUT2D eigenvalue weighted by Crippen LogP contribution is -2.45. The molecule has 0 aliphatic carbocycles. The minimum absolute atomic E-state index is 0.0670. The summed E-state index contributed by atoms with van der Waals surface area (Å²) in [6.45, 7) is 10.2. The first-order valence-corrected chi connectivity index (χ1v) is 11.8. The number of carbonyl (C=O) groups excluding carboxylic acids is 1. The molecular weight excluding hydrogens is 418 g/mol. The van der Waals surface area contributed by atoms with Gasteiger partial charge in [0.2, 0.25) is 5.91 Å². The zero-order valence-corrected chi connectivity index (χ0v) is 20.2. The molecule has 0 bridgehead atoms. The van der Waals surface area contributed by atoms with Crippen LogP contribution in [0.15, 0.2) is 29.4 Å². The summed E-state index contributed by atoms with van der Waals surface area (Å²) in [7, 11) is 4.03. The lowest BCUT2D eigenvalue weighted by atomic mass is 9.92. The Bertz CT molecular complexity index is 859. The molecule has 8 heteroatoms. The summed E-state index contributed by atoms with van der Waals surface area (Å²) in [5, 5.41) is 10.1. The summed E-state index contributed by atoms with van der Waals surface area (Å²) >= 11 is 7.57. The van der Waals surface area contributed by atoms with Crippen LogP contribution in [-0.2, 0) is 4.79 Å². The molecule has 1 fully saturated rings. The Morgan fingerprint density at radius 3 is 2.30 bits per heavy atom. The first kappa shape index (κ1) is 23.1. The molecule has 1 aliphatic heterocycles. The number of aromatic nitrogens is 3. The van der Waals surface area contributed by atoms with Crippen LogP contribution >= 0.6 is 23.4 Å². The maximum absolute atomic E-state index is 13.2. The Morgan fingerprint density at radius 1 is 1.13 bits per heavy atom. The highest BCUT2D eigenvalue weighted by Crippen LogP contribution is 2.31. The molecule has 6 nitrogen and oxygen atoms in total. The van der Waals surface area contributed by atoms with Gasteiger partial charge in [0.25, 0.3) is 0 Å². The minimum atomic E-state index is -0.236. The SMILES string of the molecule is CC1CC(C)CN(C(=O)C(C)Sc2nnc(C(C)N(C)C)n2-c2ccc(Cl)cc2)C1. The van der Waals surface area contributed by atoms with Gasteiger partial charge in [-0.25, -0.2) is 0 Å². The average Bonchev–Trinajstić information content (AvgIpc) is 3.09. The maximum Gasteiger partial charge on any atom is 0.235 e. The van der Waals surface area contributed by atoms with Gasteiger partial charge in [-0.2, -0.15) is 0 Å². The summed E-state index contributed by atoms with van der Waals surface area (Å²) in [6, 6.07) is 7.71. The van der Waals surface area contributed by atoms with Gasteiger partial charge in [0.1, 0.15) is 0 Å². The minimum Gasteiger partial charge on any atom is -0.341 e. The first-order valence-electron chi connectivity index (χ1n) is 10.5. The van der Waals surface area contributed by atoms with Gasteiger partial charge in [-0.3, -0.25) is 14.3 Å². The van der Waals surface area contributed by atoms with Crippen LogP contribution < -0.4 is 0 Å². The predicted molar refractivity (Wildman–Crippen MR) is 123 cm³/mol. The molecule has 1 saturated heterocycles. The molecule has 1 amide bonds. The molecule has 164 valence electrons. The number of carbonyl (C=O) groups is 1. The Balaban J connectivity index is 1.88. The number of likely N-dealkylation sites (tertiary alicyclic amines) is 1. The number of nitrogens with zero attached hydrogens (tertiary/aromatic N) is 5. The van der Waals surface area contributed by atoms with Crippen LogP contribution in [0.4, 0.5) is 0 Å². The van der Waals surface area contributed by atoms with Crippen molar-refractivity contribution in [2.45, 2.75) is 50.6 Å². The lowest BCUT2D eigenvalue weighted by molar-refractivity contribution is -0.132. The summed E-state index contributed by atoms with van der Waals surface area (Å²) in [4.78, 5) is 17.3. The smallest absolute Gasteiger partial charge is 0.235 e. The van der Waals surface area contributed by atoms with Gasteiger partial charge in [-0.15, -0.1) is 10.2 Å². The second kappa shape index (κ2) is 9.71. The second-order valence-corrected chi connectivity index (χ2v) is 10.5. The molecule has 0 spiro atoms. The van der Waals surface area contributed by atoms with Crippen molar-refractivity contribution >= 4 is 29.3 Å². The summed E-state index contributed by atoms with van der Waals surface area (Å²) < 4.78 is 2.04. The fourth-order valence-electron chi connectivity index (χ4n) is 4.00. The van der Waals surface area contributed by atoms with Crippen LogP contribution in [0.5, 0.6) is 0 Å². The Kier molecular flexibility index (Phi) is 7.47. The number of rotatable bonds is 6. The summed E-state index contributed by atoms with van der Waals surface area (Å²) in [6.07, 6.45) is 1.18. The third-order valence-electron chi connectivity index (χ3n) is 5.70. The van der Waals surface area contributed by atoms with Crippen molar-refractivity contribution in [1.82, 2.24) is 24.6 Å². The molecule has 30 heavy (non-hydrogen) atoms. The largest absolute Gasteiger partial charge is 0.341 e. The van der Waals surface area contributed by atoms with Crippen molar-refractivity contribution in [2.24, 2.45) is 11.8 Å². The molecule has 2 heterocycles. The van der Waals surface area contributed by atoms with Crippen molar-refractivity contribution in [3.05, 3.63) is 35.1 Å². The van der Waals surface area contributed by atoms with E-state index in [1.54, 1.807) is 0 Å². The standard InChI is InChI=1S/C22H32ClN5OS/c1-14-11-15(2)13-27(12-14)21(29)17(4)30-22-25-24-20(16(3)26(5)6)28(22)19-9-7-18(23)8-10-19/h7-10,14-17H,11-13H2,1-6H3. The highest BCUT2D eigenvalue weighted by molar-refractivity contribution is 8.00. The highest BCUT2D eigenvalue weighted by Gasteiger charge is 2.30. The van der Waals surface area contributed by atoms with E-state index in [2.05, 4.69) is 35.9 Å². The van der Waals surface area contributed by atoms with Crippen LogP contribution in [0.3, 0.4) is 0 Å². The molecule has 4 atom stereocenters. The topological polar surface area (TPSA) is 54.3 Å². The maximum atomic E-state index is 13.2. The zero-order valence-electron chi connectivity index (χ0n) is 18.7. The van der Waals surface area contributed by atoms with Crippen molar-refractivity contribution in [2.75, 3.05) is 27.2 Å². The van der Waals surface area contributed by atoms with Crippen molar-refractivity contribution in [3.63, 3.8) is 0 Å². The Hall–Kier alpha value is -1.57. The van der Waals surface area contributed by atoms with Gasteiger partial charge in [0.15, 0.2) is 11.0 Å². The van der Waals surface area contributed by atoms with E-state index >= 15 is 0 Å². The lowest BCUT2D eigenvalue weighted by Gasteiger charge is -2.36. The third kappa shape index (κ3) is 5.18. The van der Waals surface area contributed by atoms with Gasteiger partial charge < -0.3 is 4.90 Å². The van der Waals surface area contributed by atoms with Gasteiger partial charge in [0, 0.05) is 23.8 Å². The molecule has 3 rings (SSSR count). The van der Waals surface area contributed by atoms with E-state index in [1.165, 1.54) is 18.2 Å². The number of benzene rings is 1. The van der Waals surface area contributed by atoms with Gasteiger partial charge in [-0.05, 0) is 70.5 Å². The van der Waals surface area contributed by atoms with Crippen LogP contribution in [-0.4, -0.2) is 62.9 Å². The van der Waals surface area contributed by atoms with E-state index in [0.717, 1.165) is 29.8 Å². The number of piperidine rings is 1. The van der Waals surface area contributed by atoms with E-state index in [-0.39, 0.29) is 17.2 Å². The van der Waals surface area contributed by atoms with E-state index in [9.17, 15) is 4.79 Å². The summed E-state index contributed by atoms with van der Waals surface area (Å²) in [5.74, 6) is 2.09. The molecule has 1 aromatic carbocycles. The second-order valence-electron chi connectivity index (χ2n) is 8.74. The number of hydrogen-bond acceptors (Lipinski definition) is 5. The first-order chi connectivity index (χ1) is 14.2. The number of amides is 1. The molecule has 0 N–H and O–H groups in total. The van der Waals surface area contributed by atoms with E-state index < -0.39 is 0 Å². The zero-order chi connectivity index (χ0) is 22.0. The van der Waals surface area contributed by atoms with Crippen molar-refractivity contribution in [1.29, 1.82) is 0 Å². The van der Waals surface area contributed by atoms with E-state index in [4.69, 9.17) is 11.6 Å². The third-order valence-corrected chi connectivity index (χ3v) is 6.98. The predicted octanol–water partition coefficient (Wildman–Crippen LogP) is 4.53. The molecule has 2 aromatic rings. The molecular formula is C22H32ClN5OS. The highest BCUT2D eigenvalue weighted by atomic mass is 35.5. The van der Waals surface area contributed by atoms with Crippen molar-refractivity contribution in [3.8, 4) is 5.69 Å². The molecule has 0 radical (unpaired) electrons. The monoisotopic (exact) mass is 449 g/mol. The van der Waals surface area contributed by atoms with E-state index in [1.807, 2.05) is 54.8 Å².